The van der Waals surface area contributed by atoms with Crippen LogP contribution in [0.3, 0.4) is 0 Å². The lowest BCUT2D eigenvalue weighted by molar-refractivity contribution is -0.137. The van der Waals surface area contributed by atoms with Crippen LogP contribution < -0.4 is 5.32 Å². The lowest BCUT2D eigenvalue weighted by Gasteiger charge is -2.21. The molecule has 1 N–H and O–H groups in total. The van der Waals surface area contributed by atoms with E-state index in [0.717, 1.165) is 46.6 Å². The fourth-order valence-corrected chi connectivity index (χ4v) is 4.23. The van der Waals surface area contributed by atoms with Crippen molar-refractivity contribution in [1.29, 1.82) is 0 Å². The Kier molecular flexibility index (Phi) is 7.66. The number of likely N-dealkylation sites (N-methyl/N-ethyl adjacent to an activating group) is 1. The van der Waals surface area contributed by atoms with Gasteiger partial charge in [0.2, 0.25) is 5.91 Å². The third-order valence-electron chi connectivity index (χ3n) is 6.19. The molecule has 0 atom stereocenters. The summed E-state index contributed by atoms with van der Waals surface area (Å²) >= 11 is 0. The van der Waals surface area contributed by atoms with Crippen LogP contribution in [0.4, 0.5) is 19.0 Å². The first-order valence-corrected chi connectivity index (χ1v) is 12.1. The van der Waals surface area contributed by atoms with Crippen LogP contribution >= 0.6 is 0 Å². The molecule has 0 saturated heterocycles. The summed E-state index contributed by atoms with van der Waals surface area (Å²) in [4.78, 5) is 27.5. The van der Waals surface area contributed by atoms with Crippen molar-refractivity contribution in [1.82, 2.24) is 14.7 Å². The summed E-state index contributed by atoms with van der Waals surface area (Å²) < 4.78 is 40.4. The van der Waals surface area contributed by atoms with Gasteiger partial charge in [-0.25, -0.2) is 4.68 Å². The Balaban J connectivity index is 1.63. The van der Waals surface area contributed by atoms with Crippen molar-refractivity contribution in [3.8, 4) is 16.8 Å². The summed E-state index contributed by atoms with van der Waals surface area (Å²) in [6.07, 6.45) is -4.50. The first-order valence-electron chi connectivity index (χ1n) is 12.1. The number of carbonyl (C=O) groups is 2. The molecule has 1 aromatic heterocycles. The average Bonchev–Trinajstić information content (AvgIpc) is 3.22. The Hall–Kier alpha value is -4.40. The molecule has 9 heteroatoms. The van der Waals surface area contributed by atoms with Gasteiger partial charge in [0.05, 0.1) is 16.9 Å². The number of alkyl halides is 3. The van der Waals surface area contributed by atoms with Crippen LogP contribution in [0.15, 0.2) is 78.9 Å². The van der Waals surface area contributed by atoms with Crippen molar-refractivity contribution >= 4 is 17.6 Å². The van der Waals surface area contributed by atoms with Crippen molar-refractivity contribution in [2.75, 3.05) is 18.4 Å². The first-order chi connectivity index (χ1) is 18.1. The first kappa shape index (κ1) is 26.7. The molecule has 0 bridgehead atoms. The van der Waals surface area contributed by atoms with Crippen LogP contribution in [-0.4, -0.2) is 39.6 Å². The van der Waals surface area contributed by atoms with Crippen molar-refractivity contribution in [3.63, 3.8) is 0 Å². The van der Waals surface area contributed by atoms with Crippen molar-refractivity contribution in [2.45, 2.75) is 26.9 Å². The highest BCUT2D eigenvalue weighted by molar-refractivity contribution is 6.01. The van der Waals surface area contributed by atoms with Gasteiger partial charge in [-0.1, -0.05) is 48.5 Å². The molecule has 196 valence electrons. The molecule has 0 aliphatic heterocycles. The van der Waals surface area contributed by atoms with Crippen molar-refractivity contribution in [3.05, 3.63) is 101 Å². The van der Waals surface area contributed by atoms with Gasteiger partial charge in [-0.05, 0) is 62.2 Å². The molecular weight excluding hydrogens is 493 g/mol. The van der Waals surface area contributed by atoms with Gasteiger partial charge in [0, 0.05) is 17.7 Å². The standard InChI is InChI=1S/C29H27F3N4O2/c1-4-35(28(38)22-14-16-23(17-15-22)29(30,31)32)18-25(37)33-27-26(21-11-6-5-7-12-21)20(3)34-36(27)24-13-9-8-10-19(24)2/h5-17H,4,18H2,1-3H3,(H,33,37). The molecule has 4 rings (SSSR count). The molecule has 0 unspecified atom stereocenters. The topological polar surface area (TPSA) is 67.2 Å². The third kappa shape index (κ3) is 5.61. The van der Waals surface area contributed by atoms with Gasteiger partial charge < -0.3 is 10.2 Å². The molecular formula is C29H27F3N4O2. The number of carbonyl (C=O) groups excluding carboxylic acids is 2. The van der Waals surface area contributed by atoms with E-state index in [-0.39, 0.29) is 18.7 Å². The molecule has 0 aliphatic rings. The summed E-state index contributed by atoms with van der Waals surface area (Å²) in [6, 6.07) is 21.1. The average molecular weight is 521 g/mol. The number of hydrogen-bond donors (Lipinski definition) is 1. The Morgan fingerprint density at radius 1 is 0.921 bits per heavy atom. The van der Waals surface area contributed by atoms with Crippen LogP contribution in [0.2, 0.25) is 0 Å². The van der Waals surface area contributed by atoms with Crippen LogP contribution in [0.5, 0.6) is 0 Å². The number of anilines is 1. The lowest BCUT2D eigenvalue weighted by Crippen LogP contribution is -2.38. The minimum atomic E-state index is -4.50. The van der Waals surface area contributed by atoms with Crippen LogP contribution in [0.1, 0.15) is 34.1 Å². The molecule has 38 heavy (non-hydrogen) atoms. The molecule has 0 saturated carbocycles. The van der Waals surface area contributed by atoms with E-state index in [2.05, 4.69) is 5.32 Å². The lowest BCUT2D eigenvalue weighted by atomic mass is 10.1. The molecule has 4 aromatic rings. The normalized spacial score (nSPS) is 11.3. The van der Waals surface area contributed by atoms with Crippen LogP contribution in [0, 0.1) is 13.8 Å². The fraction of sp³-hybridized carbons (Fsp3) is 0.207. The molecule has 1 heterocycles. The van der Waals surface area contributed by atoms with E-state index in [1.807, 2.05) is 68.4 Å². The highest BCUT2D eigenvalue weighted by Gasteiger charge is 2.30. The second-order valence-electron chi connectivity index (χ2n) is 8.82. The molecule has 0 fully saturated rings. The van der Waals surface area contributed by atoms with Gasteiger partial charge in [0.1, 0.15) is 12.4 Å². The Labute approximate surface area is 218 Å². The van der Waals surface area contributed by atoms with E-state index >= 15 is 0 Å². The number of benzene rings is 3. The van der Waals surface area contributed by atoms with E-state index in [0.29, 0.717) is 11.5 Å². The van der Waals surface area contributed by atoms with E-state index < -0.39 is 23.6 Å². The molecule has 0 radical (unpaired) electrons. The number of rotatable bonds is 7. The highest BCUT2D eigenvalue weighted by atomic mass is 19.4. The monoisotopic (exact) mass is 520 g/mol. The molecule has 2 amide bonds. The Morgan fingerprint density at radius 3 is 2.16 bits per heavy atom. The largest absolute Gasteiger partial charge is 0.416 e. The predicted molar refractivity (Wildman–Crippen MR) is 140 cm³/mol. The Morgan fingerprint density at radius 2 is 1.55 bits per heavy atom. The number of amides is 2. The van der Waals surface area contributed by atoms with Crippen LogP contribution in [0.25, 0.3) is 16.8 Å². The van der Waals surface area contributed by atoms with Crippen molar-refractivity contribution < 1.29 is 22.8 Å². The maximum atomic E-state index is 13.3. The van der Waals surface area contributed by atoms with Gasteiger partial charge in [0.25, 0.3) is 5.91 Å². The second kappa shape index (κ2) is 10.9. The molecule has 3 aromatic carbocycles. The number of hydrogen-bond acceptors (Lipinski definition) is 3. The van der Waals surface area contributed by atoms with E-state index in [4.69, 9.17) is 5.10 Å². The van der Waals surface area contributed by atoms with Gasteiger partial charge in [-0.15, -0.1) is 0 Å². The number of aromatic nitrogens is 2. The number of para-hydroxylation sites is 1. The van der Waals surface area contributed by atoms with E-state index in [1.165, 1.54) is 4.90 Å². The van der Waals surface area contributed by atoms with Gasteiger partial charge in [-0.3, -0.25) is 9.59 Å². The SMILES string of the molecule is CCN(CC(=O)Nc1c(-c2ccccc2)c(C)nn1-c1ccccc1C)C(=O)c1ccc(C(F)(F)F)cc1. The summed E-state index contributed by atoms with van der Waals surface area (Å²) in [7, 11) is 0. The quantitative estimate of drug-likeness (QED) is 0.312. The van der Waals surface area contributed by atoms with Crippen LogP contribution in [-0.2, 0) is 11.0 Å². The number of halogens is 3. The minimum Gasteiger partial charge on any atom is -0.330 e. The number of aryl methyl sites for hydroxylation is 2. The zero-order valence-corrected chi connectivity index (χ0v) is 21.2. The fourth-order valence-electron chi connectivity index (χ4n) is 4.23. The summed E-state index contributed by atoms with van der Waals surface area (Å²) in [5.74, 6) is -0.534. The van der Waals surface area contributed by atoms with Crippen molar-refractivity contribution in [2.24, 2.45) is 0 Å². The third-order valence-corrected chi connectivity index (χ3v) is 6.19. The summed E-state index contributed by atoms with van der Waals surface area (Å²) in [5, 5.41) is 7.65. The minimum absolute atomic E-state index is 0.0680. The zero-order valence-electron chi connectivity index (χ0n) is 21.2. The molecule has 0 spiro atoms. The second-order valence-corrected chi connectivity index (χ2v) is 8.82. The smallest absolute Gasteiger partial charge is 0.330 e. The Bertz CT molecular complexity index is 1450. The zero-order chi connectivity index (χ0) is 27.4. The van der Waals surface area contributed by atoms with Gasteiger partial charge in [-0.2, -0.15) is 18.3 Å². The van der Waals surface area contributed by atoms with E-state index in [1.54, 1.807) is 11.6 Å². The van der Waals surface area contributed by atoms with Gasteiger partial charge in [0.15, 0.2) is 0 Å². The number of nitrogens with one attached hydrogen (secondary N) is 1. The number of nitrogens with zero attached hydrogens (tertiary/aromatic N) is 3. The van der Waals surface area contributed by atoms with Gasteiger partial charge >= 0.3 is 6.18 Å². The molecule has 6 nitrogen and oxygen atoms in total. The molecule has 0 aliphatic carbocycles. The summed E-state index contributed by atoms with van der Waals surface area (Å²) in [6.45, 7) is 5.41. The predicted octanol–water partition coefficient (Wildman–Crippen LogP) is 6.28. The maximum Gasteiger partial charge on any atom is 0.416 e. The highest BCUT2D eigenvalue weighted by Crippen LogP contribution is 2.34. The van der Waals surface area contributed by atoms with E-state index in [9.17, 15) is 22.8 Å². The summed E-state index contributed by atoms with van der Waals surface area (Å²) in [5.41, 5.74) is 3.30. The maximum absolute atomic E-state index is 13.3.